The van der Waals surface area contributed by atoms with Crippen LogP contribution in [-0.2, 0) is 27.9 Å². The SMILES string of the molecule is [2H]C([2H])(OP(=O)(O)OC[C@H](COC)NC(C)=O)[C@H]1O[C@@H](n2ccc(=O)[nH]c2=S)C(C)(O)[C@H]1O. The number of hydrogen-bond acceptors (Lipinski definition) is 10. The highest BCUT2D eigenvalue weighted by Crippen LogP contribution is 2.45. The van der Waals surface area contributed by atoms with E-state index in [4.69, 9.17) is 29.0 Å². The zero-order valence-corrected chi connectivity index (χ0v) is 18.6. The quantitative estimate of drug-likeness (QED) is 0.207. The van der Waals surface area contributed by atoms with Crippen LogP contribution in [0.25, 0.3) is 0 Å². The fourth-order valence-corrected chi connectivity index (χ4v) is 3.72. The van der Waals surface area contributed by atoms with Gasteiger partial charge in [0.25, 0.3) is 5.56 Å². The van der Waals surface area contributed by atoms with Crippen LogP contribution in [0.2, 0.25) is 0 Å². The van der Waals surface area contributed by atoms with Crippen molar-refractivity contribution in [3.05, 3.63) is 27.4 Å². The molecule has 2 unspecified atom stereocenters. The largest absolute Gasteiger partial charge is 0.472 e. The summed E-state index contributed by atoms with van der Waals surface area (Å²) in [4.78, 5) is 34.9. The molecule has 1 aromatic rings. The van der Waals surface area contributed by atoms with E-state index in [1.165, 1.54) is 20.2 Å². The number of nitrogens with zero attached hydrogens (tertiary/aromatic N) is 1. The molecule has 1 aromatic heterocycles. The van der Waals surface area contributed by atoms with E-state index >= 15 is 0 Å². The summed E-state index contributed by atoms with van der Waals surface area (Å²) in [5.74, 6) is -0.457. The summed E-state index contributed by atoms with van der Waals surface area (Å²) in [7, 11) is -3.76. The number of methoxy groups -OCH3 is 1. The Morgan fingerprint density at radius 2 is 2.23 bits per heavy atom. The number of aliphatic hydroxyl groups excluding tert-OH is 1. The van der Waals surface area contributed by atoms with Crippen molar-refractivity contribution in [1.82, 2.24) is 14.9 Å². The first kappa shape index (κ1) is 22.7. The van der Waals surface area contributed by atoms with Gasteiger partial charge in [0.05, 0.1) is 28.6 Å². The zero-order valence-electron chi connectivity index (χ0n) is 18.9. The van der Waals surface area contributed by atoms with Crippen LogP contribution < -0.4 is 10.9 Å². The van der Waals surface area contributed by atoms with E-state index in [2.05, 4.69) is 14.8 Å². The van der Waals surface area contributed by atoms with Crippen LogP contribution in [0.15, 0.2) is 17.1 Å². The second-order valence-corrected chi connectivity index (χ2v) is 8.69. The Labute approximate surface area is 185 Å². The van der Waals surface area contributed by atoms with Gasteiger partial charge < -0.3 is 29.9 Å². The maximum absolute atomic E-state index is 12.3. The number of hydrogen-bond donors (Lipinski definition) is 5. The number of H-pyrrole nitrogens is 1. The van der Waals surface area contributed by atoms with Gasteiger partial charge in [0.2, 0.25) is 5.91 Å². The van der Waals surface area contributed by atoms with Gasteiger partial charge in [0.1, 0.15) is 17.8 Å². The molecule has 1 amide bonds. The summed E-state index contributed by atoms with van der Waals surface area (Å²) >= 11 is 5.01. The predicted molar refractivity (Wildman–Crippen MR) is 108 cm³/mol. The molecule has 5 N–H and O–H groups in total. The molecule has 2 heterocycles. The van der Waals surface area contributed by atoms with E-state index in [0.717, 1.165) is 17.6 Å². The number of rotatable bonds is 10. The lowest BCUT2D eigenvalue weighted by Crippen LogP contribution is -2.44. The second-order valence-electron chi connectivity index (χ2n) is 6.92. The van der Waals surface area contributed by atoms with E-state index in [9.17, 15) is 29.3 Å². The summed E-state index contributed by atoms with van der Waals surface area (Å²) in [5, 5.41) is 23.7. The maximum atomic E-state index is 12.3. The fraction of sp³-hybridized carbons (Fsp3) is 0.688. The molecule has 0 spiro atoms. The van der Waals surface area contributed by atoms with Gasteiger partial charge in [0.15, 0.2) is 11.0 Å². The Morgan fingerprint density at radius 3 is 2.81 bits per heavy atom. The molecule has 0 bridgehead atoms. The van der Waals surface area contributed by atoms with Crippen molar-refractivity contribution in [2.24, 2.45) is 0 Å². The topological polar surface area (TPSA) is 182 Å². The summed E-state index contributed by atoms with van der Waals surface area (Å²) in [6.45, 7) is -1.42. The summed E-state index contributed by atoms with van der Waals surface area (Å²) < 4.78 is 49.0. The van der Waals surface area contributed by atoms with Crippen LogP contribution in [0.3, 0.4) is 0 Å². The zero-order chi connectivity index (χ0) is 25.2. The van der Waals surface area contributed by atoms with Gasteiger partial charge in [-0.1, -0.05) is 0 Å². The highest BCUT2D eigenvalue weighted by Gasteiger charge is 2.53. The van der Waals surface area contributed by atoms with Crippen molar-refractivity contribution in [2.75, 3.05) is 26.9 Å². The van der Waals surface area contributed by atoms with E-state index in [1.807, 2.05) is 0 Å². The molecule has 6 atom stereocenters. The molecule has 15 heteroatoms. The second kappa shape index (κ2) is 10.4. The van der Waals surface area contributed by atoms with Gasteiger partial charge >= 0.3 is 7.82 Å². The Bertz CT molecular complexity index is 1020. The monoisotopic (exact) mass is 485 g/mol. The number of ether oxygens (including phenoxy) is 2. The molecule has 0 radical (unpaired) electrons. The van der Waals surface area contributed by atoms with Gasteiger partial charge in [-0.05, 0) is 19.1 Å². The van der Waals surface area contributed by atoms with Gasteiger partial charge in [0, 0.05) is 26.3 Å². The average molecular weight is 485 g/mol. The molecule has 0 aromatic carbocycles. The minimum atomic E-state index is -5.09. The minimum absolute atomic E-state index is 0.0682. The molecule has 1 aliphatic heterocycles. The third kappa shape index (κ3) is 6.75. The molecular formula is C16H26N3O10PS. The minimum Gasteiger partial charge on any atom is -0.387 e. The number of amides is 1. The highest BCUT2D eigenvalue weighted by atomic mass is 32.1. The molecular weight excluding hydrogens is 457 g/mol. The molecule has 13 nitrogen and oxygen atoms in total. The average Bonchev–Trinajstić information content (AvgIpc) is 2.89. The van der Waals surface area contributed by atoms with Gasteiger partial charge in [-0.15, -0.1) is 0 Å². The highest BCUT2D eigenvalue weighted by molar-refractivity contribution is 7.71. The third-order valence-corrected chi connectivity index (χ3v) is 5.39. The summed E-state index contributed by atoms with van der Waals surface area (Å²) in [6.07, 6.45) is -4.23. The molecule has 1 saturated heterocycles. The van der Waals surface area contributed by atoms with Crippen molar-refractivity contribution in [3.8, 4) is 0 Å². The number of carbonyl (C=O) groups is 1. The lowest BCUT2D eigenvalue weighted by atomic mass is 9.96. The number of aliphatic hydroxyl groups is 2. The molecule has 2 rings (SSSR count). The van der Waals surface area contributed by atoms with Gasteiger partial charge in [-0.25, -0.2) is 4.57 Å². The third-order valence-electron chi connectivity index (χ3n) is 4.26. The predicted octanol–water partition coefficient (Wildman–Crippen LogP) is -0.800. The van der Waals surface area contributed by atoms with Crippen LogP contribution >= 0.6 is 20.0 Å². The van der Waals surface area contributed by atoms with E-state index in [0.29, 0.717) is 0 Å². The lowest BCUT2D eigenvalue weighted by Gasteiger charge is -2.28. The number of phosphoric acid groups is 1. The summed E-state index contributed by atoms with van der Waals surface area (Å²) in [6, 6.07) is 0.240. The first-order chi connectivity index (χ1) is 15.1. The van der Waals surface area contributed by atoms with E-state index in [-0.39, 0.29) is 11.4 Å². The lowest BCUT2D eigenvalue weighted by molar-refractivity contribution is -0.120. The molecule has 1 aliphatic rings. The van der Waals surface area contributed by atoms with Crippen LogP contribution in [0.4, 0.5) is 0 Å². The number of carbonyl (C=O) groups excluding carboxylic acids is 1. The van der Waals surface area contributed by atoms with Crippen molar-refractivity contribution < 1.29 is 45.7 Å². The Hall–Kier alpha value is -1.48. The van der Waals surface area contributed by atoms with Crippen LogP contribution in [0.5, 0.6) is 0 Å². The Balaban J connectivity index is 2.19. The van der Waals surface area contributed by atoms with Crippen molar-refractivity contribution in [3.63, 3.8) is 0 Å². The van der Waals surface area contributed by atoms with Crippen molar-refractivity contribution >= 4 is 25.9 Å². The fourth-order valence-electron chi connectivity index (χ4n) is 2.80. The number of aromatic nitrogens is 2. The van der Waals surface area contributed by atoms with E-state index in [1.54, 1.807) is 0 Å². The molecule has 31 heavy (non-hydrogen) atoms. The first-order valence-corrected chi connectivity index (χ1v) is 10.8. The maximum Gasteiger partial charge on any atom is 0.472 e. The molecule has 0 aliphatic carbocycles. The number of phosphoric ester groups is 1. The normalized spacial score (nSPS) is 30.2. The Morgan fingerprint density at radius 1 is 1.55 bits per heavy atom. The molecule has 1 fully saturated rings. The smallest absolute Gasteiger partial charge is 0.387 e. The first-order valence-electron chi connectivity index (χ1n) is 9.92. The van der Waals surface area contributed by atoms with Crippen molar-refractivity contribution in [2.45, 2.75) is 43.9 Å². The van der Waals surface area contributed by atoms with Crippen LogP contribution in [-0.4, -0.2) is 81.3 Å². The number of nitrogens with one attached hydrogen (secondary N) is 2. The van der Waals surface area contributed by atoms with Crippen LogP contribution in [0, 0.1) is 4.77 Å². The van der Waals surface area contributed by atoms with Crippen LogP contribution in [0.1, 0.15) is 22.8 Å². The standard InChI is InChI=1S/C16H26N3O10PS/c1-9(20)17-10(6-26-3)7-27-30(24,25)28-8-11-13(22)16(2,23)14(29-11)19-5-4-12(21)18-15(19)31/h4-5,10-11,13-14,22-23H,6-8H2,1-3H3,(H,17,20)(H,24,25)(H,18,21,31)/t10-,11+,13-,14+,16?/m0/s1/i8D2. The van der Waals surface area contributed by atoms with E-state index < -0.39 is 62.5 Å². The Kier molecular flexibility index (Phi) is 7.63. The van der Waals surface area contributed by atoms with Crippen molar-refractivity contribution in [1.29, 1.82) is 0 Å². The number of aromatic amines is 1. The van der Waals surface area contributed by atoms with Gasteiger partial charge in [-0.3, -0.25) is 28.2 Å². The van der Waals surface area contributed by atoms with Gasteiger partial charge in [-0.2, -0.15) is 0 Å². The molecule has 176 valence electrons. The summed E-state index contributed by atoms with van der Waals surface area (Å²) in [5.41, 5.74) is -2.68. The molecule has 0 saturated carbocycles.